The Hall–Kier alpha value is -0.450. The Labute approximate surface area is 115 Å². The second kappa shape index (κ2) is 6.13. The molecule has 3 unspecified atom stereocenters. The van der Waals surface area contributed by atoms with Crippen molar-refractivity contribution in [2.24, 2.45) is 5.92 Å². The molecule has 1 aliphatic rings. The summed E-state index contributed by atoms with van der Waals surface area (Å²) in [7, 11) is 0. The average molecular weight is 267 g/mol. The molecule has 0 aromatic carbocycles. The van der Waals surface area contributed by atoms with Crippen LogP contribution in [0.5, 0.6) is 0 Å². The molecule has 0 saturated carbocycles. The Morgan fingerprint density at radius 2 is 2.39 bits per heavy atom. The zero-order valence-electron chi connectivity index (χ0n) is 11.9. The topological polar surface area (TPSA) is 28.2 Å². The average Bonchev–Trinajstić information content (AvgIpc) is 2.74. The summed E-state index contributed by atoms with van der Waals surface area (Å²) in [5, 5.41) is 6.99. The molecule has 102 valence electrons. The van der Waals surface area contributed by atoms with Gasteiger partial charge in [-0.2, -0.15) is 0 Å². The van der Waals surface area contributed by atoms with E-state index in [0.29, 0.717) is 12.1 Å². The lowest BCUT2D eigenvalue weighted by Gasteiger charge is -2.42. The van der Waals surface area contributed by atoms with E-state index in [1.165, 1.54) is 17.1 Å². The van der Waals surface area contributed by atoms with Crippen molar-refractivity contribution in [3.63, 3.8) is 0 Å². The molecule has 3 atom stereocenters. The molecule has 1 fully saturated rings. The summed E-state index contributed by atoms with van der Waals surface area (Å²) in [5.74, 6) is 0.740. The molecule has 0 bridgehead atoms. The van der Waals surface area contributed by atoms with Gasteiger partial charge in [0.05, 0.1) is 10.7 Å². The van der Waals surface area contributed by atoms with Crippen molar-refractivity contribution in [3.8, 4) is 0 Å². The molecule has 18 heavy (non-hydrogen) atoms. The number of thiazole rings is 1. The van der Waals surface area contributed by atoms with E-state index in [4.69, 9.17) is 0 Å². The number of hydrogen-bond donors (Lipinski definition) is 1. The Kier molecular flexibility index (Phi) is 4.76. The second-order valence-corrected chi connectivity index (χ2v) is 6.61. The van der Waals surface area contributed by atoms with Crippen LogP contribution < -0.4 is 5.32 Å². The highest BCUT2D eigenvalue weighted by molar-refractivity contribution is 7.09. The predicted octanol–water partition coefficient (Wildman–Crippen LogP) is 2.66. The van der Waals surface area contributed by atoms with Gasteiger partial charge in [-0.25, -0.2) is 4.98 Å². The number of piperazine rings is 1. The molecule has 4 heteroatoms. The minimum atomic E-state index is 0.588. The van der Waals surface area contributed by atoms with Crippen LogP contribution in [-0.2, 0) is 6.54 Å². The van der Waals surface area contributed by atoms with E-state index in [9.17, 15) is 0 Å². The minimum Gasteiger partial charge on any atom is -0.311 e. The van der Waals surface area contributed by atoms with Gasteiger partial charge in [0, 0.05) is 37.1 Å². The molecule has 3 nitrogen and oxygen atoms in total. The Morgan fingerprint density at radius 1 is 1.61 bits per heavy atom. The number of aryl methyl sites for hydroxylation is 1. The van der Waals surface area contributed by atoms with Crippen LogP contribution in [0.4, 0.5) is 0 Å². The van der Waals surface area contributed by atoms with Crippen molar-refractivity contribution in [1.82, 2.24) is 15.2 Å². The Balaban J connectivity index is 2.05. The lowest BCUT2D eigenvalue weighted by atomic mass is 9.94. The molecular weight excluding hydrogens is 242 g/mol. The summed E-state index contributed by atoms with van der Waals surface area (Å²) in [6.45, 7) is 12.2. The van der Waals surface area contributed by atoms with Gasteiger partial charge in [-0.15, -0.1) is 11.3 Å². The normalized spacial score (nSPS) is 27.3. The van der Waals surface area contributed by atoms with Gasteiger partial charge in [-0.1, -0.05) is 20.3 Å². The number of hydrogen-bond acceptors (Lipinski definition) is 4. The molecule has 2 rings (SSSR count). The molecule has 1 aromatic heterocycles. The maximum Gasteiger partial charge on any atom is 0.0897 e. The molecule has 1 aliphatic heterocycles. The fourth-order valence-electron chi connectivity index (χ4n) is 2.71. The lowest BCUT2D eigenvalue weighted by molar-refractivity contribution is 0.0874. The van der Waals surface area contributed by atoms with Crippen LogP contribution in [0.1, 0.15) is 37.9 Å². The van der Waals surface area contributed by atoms with Crippen LogP contribution in [0.3, 0.4) is 0 Å². The zero-order chi connectivity index (χ0) is 13.1. The van der Waals surface area contributed by atoms with Crippen molar-refractivity contribution in [3.05, 3.63) is 16.1 Å². The van der Waals surface area contributed by atoms with Gasteiger partial charge in [0.2, 0.25) is 0 Å². The first-order valence-electron chi connectivity index (χ1n) is 6.98. The number of nitrogens with one attached hydrogen (secondary N) is 1. The fourth-order valence-corrected chi connectivity index (χ4v) is 3.31. The molecule has 1 saturated heterocycles. The van der Waals surface area contributed by atoms with Gasteiger partial charge in [0.1, 0.15) is 0 Å². The van der Waals surface area contributed by atoms with E-state index in [2.05, 4.69) is 48.3 Å². The summed E-state index contributed by atoms with van der Waals surface area (Å²) >= 11 is 1.76. The van der Waals surface area contributed by atoms with Crippen molar-refractivity contribution < 1.29 is 0 Å². The maximum absolute atomic E-state index is 4.61. The first kappa shape index (κ1) is 14.0. The van der Waals surface area contributed by atoms with Crippen LogP contribution in [-0.4, -0.2) is 35.1 Å². The third kappa shape index (κ3) is 3.31. The highest BCUT2D eigenvalue weighted by atomic mass is 32.1. The largest absolute Gasteiger partial charge is 0.311 e. The quantitative estimate of drug-likeness (QED) is 0.909. The Bertz CT molecular complexity index is 377. The fraction of sp³-hybridized carbons (Fsp3) is 0.786. The SMILES string of the molecule is CCC(C)C1CNC(C)CN1Cc1csc(C)n1. The van der Waals surface area contributed by atoms with Crippen molar-refractivity contribution in [1.29, 1.82) is 0 Å². The first-order valence-corrected chi connectivity index (χ1v) is 7.86. The Morgan fingerprint density at radius 3 is 3.00 bits per heavy atom. The van der Waals surface area contributed by atoms with Crippen LogP contribution in [0.15, 0.2) is 5.38 Å². The van der Waals surface area contributed by atoms with Crippen molar-refractivity contribution >= 4 is 11.3 Å². The van der Waals surface area contributed by atoms with Gasteiger partial charge in [0.15, 0.2) is 0 Å². The van der Waals surface area contributed by atoms with Gasteiger partial charge in [-0.3, -0.25) is 4.90 Å². The summed E-state index contributed by atoms with van der Waals surface area (Å²) in [5.41, 5.74) is 1.24. The summed E-state index contributed by atoms with van der Waals surface area (Å²) in [6, 6.07) is 1.23. The molecule has 0 spiro atoms. The van der Waals surface area contributed by atoms with E-state index < -0.39 is 0 Å². The number of nitrogens with zero attached hydrogens (tertiary/aromatic N) is 2. The van der Waals surface area contributed by atoms with Gasteiger partial charge < -0.3 is 5.32 Å². The highest BCUT2D eigenvalue weighted by Crippen LogP contribution is 2.21. The van der Waals surface area contributed by atoms with Crippen LogP contribution in [0, 0.1) is 12.8 Å². The van der Waals surface area contributed by atoms with Gasteiger partial charge >= 0.3 is 0 Å². The molecule has 1 aromatic rings. The highest BCUT2D eigenvalue weighted by Gasteiger charge is 2.29. The number of rotatable bonds is 4. The van der Waals surface area contributed by atoms with Gasteiger partial charge in [0.25, 0.3) is 0 Å². The predicted molar refractivity (Wildman–Crippen MR) is 78.0 cm³/mol. The van der Waals surface area contributed by atoms with Crippen LogP contribution >= 0.6 is 11.3 Å². The molecule has 0 radical (unpaired) electrons. The molecule has 2 heterocycles. The van der Waals surface area contributed by atoms with E-state index in [1.54, 1.807) is 11.3 Å². The summed E-state index contributed by atoms with van der Waals surface area (Å²) in [4.78, 5) is 7.22. The van der Waals surface area contributed by atoms with Crippen LogP contribution in [0.25, 0.3) is 0 Å². The van der Waals surface area contributed by atoms with Crippen molar-refractivity contribution in [2.75, 3.05) is 13.1 Å². The van der Waals surface area contributed by atoms with E-state index in [1.807, 2.05) is 0 Å². The third-order valence-corrected chi connectivity index (χ3v) is 4.81. The van der Waals surface area contributed by atoms with Crippen LogP contribution in [0.2, 0.25) is 0 Å². The summed E-state index contributed by atoms with van der Waals surface area (Å²) < 4.78 is 0. The molecular formula is C14H25N3S. The number of aromatic nitrogens is 1. The van der Waals surface area contributed by atoms with E-state index >= 15 is 0 Å². The zero-order valence-corrected chi connectivity index (χ0v) is 12.8. The van der Waals surface area contributed by atoms with Crippen molar-refractivity contribution in [2.45, 2.75) is 52.7 Å². The third-order valence-electron chi connectivity index (χ3n) is 3.99. The van der Waals surface area contributed by atoms with E-state index in [0.717, 1.165) is 25.6 Å². The minimum absolute atomic E-state index is 0.588. The smallest absolute Gasteiger partial charge is 0.0897 e. The molecule has 0 aliphatic carbocycles. The second-order valence-electron chi connectivity index (χ2n) is 5.55. The standard InChI is InChI=1S/C14H25N3S/c1-5-10(2)14-6-15-11(3)7-17(14)8-13-9-18-12(4)16-13/h9-11,14-15H,5-8H2,1-4H3. The lowest BCUT2D eigenvalue weighted by Crippen LogP contribution is -2.57. The molecule has 0 amide bonds. The van der Waals surface area contributed by atoms with E-state index in [-0.39, 0.29) is 0 Å². The van der Waals surface area contributed by atoms with Gasteiger partial charge in [-0.05, 0) is 19.8 Å². The monoisotopic (exact) mass is 267 g/mol. The molecule has 1 N–H and O–H groups in total. The first-order chi connectivity index (χ1) is 8.60. The summed E-state index contributed by atoms with van der Waals surface area (Å²) in [6.07, 6.45) is 1.24. The maximum atomic E-state index is 4.61.